The van der Waals surface area contributed by atoms with E-state index in [0.29, 0.717) is 35.1 Å². The van der Waals surface area contributed by atoms with E-state index in [0.717, 1.165) is 21.9 Å². The van der Waals surface area contributed by atoms with E-state index in [1.54, 1.807) is 30.3 Å². The van der Waals surface area contributed by atoms with Gasteiger partial charge in [-0.2, -0.15) is 0 Å². The van der Waals surface area contributed by atoms with Crippen LogP contribution in [0.25, 0.3) is 10.9 Å². The average molecular weight is 429 g/mol. The molecule has 0 unspecified atom stereocenters. The molecule has 3 rings (SSSR count). The molecule has 0 fully saturated rings. The van der Waals surface area contributed by atoms with Crippen LogP contribution in [0, 0.1) is 6.92 Å². The van der Waals surface area contributed by atoms with Gasteiger partial charge in [0.25, 0.3) is 5.56 Å². The molecule has 2 aromatic carbocycles. The summed E-state index contributed by atoms with van der Waals surface area (Å²) < 4.78 is 30.0. The lowest BCUT2D eigenvalue weighted by molar-refractivity contribution is 0.0602. The van der Waals surface area contributed by atoms with Crippen LogP contribution in [0.2, 0.25) is 0 Å². The summed E-state index contributed by atoms with van der Waals surface area (Å²) in [4.78, 5) is 29.0. The second kappa shape index (κ2) is 8.27. The van der Waals surface area contributed by atoms with Gasteiger partial charge in [0, 0.05) is 25.5 Å². The van der Waals surface area contributed by atoms with Crippen molar-refractivity contribution in [1.82, 2.24) is 9.55 Å². The molecular formula is C21H23N3O5S. The molecule has 0 saturated heterocycles. The number of sulfone groups is 1. The van der Waals surface area contributed by atoms with E-state index in [-0.39, 0.29) is 5.16 Å². The van der Waals surface area contributed by atoms with E-state index in [1.165, 1.54) is 14.2 Å². The van der Waals surface area contributed by atoms with Gasteiger partial charge in [0.1, 0.15) is 0 Å². The molecule has 1 N–H and O–H groups in total. The maximum absolute atomic E-state index is 12.7. The van der Waals surface area contributed by atoms with Crippen LogP contribution in [-0.2, 0) is 28.0 Å². The Morgan fingerprint density at radius 1 is 1.23 bits per heavy atom. The number of para-hydroxylation sites is 1. The summed E-state index contributed by atoms with van der Waals surface area (Å²) in [6, 6.07) is 10.6. The van der Waals surface area contributed by atoms with Gasteiger partial charge < -0.3 is 10.1 Å². The van der Waals surface area contributed by atoms with Gasteiger partial charge in [0.2, 0.25) is 15.0 Å². The average Bonchev–Trinajstić information content (AvgIpc) is 2.69. The van der Waals surface area contributed by atoms with Gasteiger partial charge in [-0.15, -0.1) is 0 Å². The number of ether oxygens (including phenoxy) is 1. The van der Waals surface area contributed by atoms with E-state index < -0.39 is 21.4 Å². The van der Waals surface area contributed by atoms with Crippen LogP contribution >= 0.6 is 0 Å². The summed E-state index contributed by atoms with van der Waals surface area (Å²) in [5.41, 5.74) is 2.62. The van der Waals surface area contributed by atoms with Crippen molar-refractivity contribution in [2.45, 2.75) is 18.5 Å². The largest absolute Gasteiger partial charge is 0.465 e. The first-order valence-corrected chi connectivity index (χ1v) is 11.1. The van der Waals surface area contributed by atoms with Crippen molar-refractivity contribution in [3.05, 3.63) is 63.4 Å². The topological polar surface area (TPSA) is 107 Å². The van der Waals surface area contributed by atoms with Gasteiger partial charge in [-0.3, -0.25) is 9.36 Å². The molecule has 0 amide bonds. The third kappa shape index (κ3) is 4.20. The smallest absolute Gasteiger partial charge is 0.339 e. The number of aromatic nitrogens is 2. The highest BCUT2D eigenvalue weighted by Crippen LogP contribution is 2.20. The maximum Gasteiger partial charge on any atom is 0.339 e. The molecule has 158 valence electrons. The molecule has 1 heterocycles. The van der Waals surface area contributed by atoms with Crippen molar-refractivity contribution in [3.8, 4) is 0 Å². The molecule has 30 heavy (non-hydrogen) atoms. The van der Waals surface area contributed by atoms with Crippen LogP contribution in [-0.4, -0.2) is 43.8 Å². The van der Waals surface area contributed by atoms with Crippen LogP contribution in [0.3, 0.4) is 0 Å². The van der Waals surface area contributed by atoms with Crippen LogP contribution in [0.4, 0.5) is 5.69 Å². The number of fused-ring (bicyclic) bond motifs is 1. The number of carbonyl (C=O) groups is 1. The molecule has 0 radical (unpaired) electrons. The Bertz CT molecular complexity index is 1300. The van der Waals surface area contributed by atoms with Crippen molar-refractivity contribution >= 4 is 32.4 Å². The molecule has 0 spiro atoms. The summed E-state index contributed by atoms with van der Waals surface area (Å²) >= 11 is 0. The first kappa shape index (κ1) is 21.5. The predicted octanol–water partition coefficient (Wildman–Crippen LogP) is 2.09. The van der Waals surface area contributed by atoms with Gasteiger partial charge >= 0.3 is 5.97 Å². The SMILES string of the molecule is COC(=O)c1ccccc1NCCc1cc(C)cc2c(=O)n(C)c(S(C)(=O)=O)nc12. The Labute approximate surface area is 174 Å². The molecule has 0 aliphatic heterocycles. The molecule has 3 aromatic rings. The number of rotatable bonds is 6. The Kier molecular flexibility index (Phi) is 5.93. The molecule has 9 heteroatoms. The Balaban J connectivity index is 1.99. The molecular weight excluding hydrogens is 406 g/mol. The zero-order chi connectivity index (χ0) is 22.1. The van der Waals surface area contributed by atoms with Gasteiger partial charge in [0.15, 0.2) is 0 Å². The van der Waals surface area contributed by atoms with Crippen molar-refractivity contribution in [2.75, 3.05) is 25.2 Å². The van der Waals surface area contributed by atoms with Crippen LogP contribution in [0.1, 0.15) is 21.5 Å². The van der Waals surface area contributed by atoms with E-state index >= 15 is 0 Å². The van der Waals surface area contributed by atoms with E-state index in [2.05, 4.69) is 10.3 Å². The monoisotopic (exact) mass is 429 g/mol. The lowest BCUT2D eigenvalue weighted by Crippen LogP contribution is -2.25. The Morgan fingerprint density at radius 2 is 1.93 bits per heavy atom. The summed E-state index contributed by atoms with van der Waals surface area (Å²) in [7, 11) is -0.947. The second-order valence-corrected chi connectivity index (χ2v) is 8.97. The number of aryl methyl sites for hydroxylation is 1. The second-order valence-electron chi connectivity index (χ2n) is 7.06. The maximum atomic E-state index is 12.7. The number of hydrogen-bond acceptors (Lipinski definition) is 7. The number of nitrogens with zero attached hydrogens (tertiary/aromatic N) is 2. The molecule has 8 nitrogen and oxygen atoms in total. The third-order valence-corrected chi connectivity index (χ3v) is 5.76. The molecule has 0 saturated carbocycles. The number of hydrogen-bond donors (Lipinski definition) is 1. The fourth-order valence-corrected chi connectivity index (χ4v) is 4.20. The molecule has 0 atom stereocenters. The quantitative estimate of drug-likeness (QED) is 0.472. The lowest BCUT2D eigenvalue weighted by atomic mass is 10.0. The number of benzene rings is 2. The zero-order valence-corrected chi connectivity index (χ0v) is 18.0. The summed E-state index contributed by atoms with van der Waals surface area (Å²) in [6.07, 6.45) is 1.50. The minimum Gasteiger partial charge on any atom is -0.465 e. The number of anilines is 1. The number of esters is 1. The molecule has 0 aliphatic carbocycles. The van der Waals surface area contributed by atoms with Crippen molar-refractivity contribution in [2.24, 2.45) is 7.05 Å². The Morgan fingerprint density at radius 3 is 2.60 bits per heavy atom. The first-order valence-electron chi connectivity index (χ1n) is 9.25. The van der Waals surface area contributed by atoms with E-state index in [9.17, 15) is 18.0 Å². The minimum absolute atomic E-state index is 0.269. The summed E-state index contributed by atoms with van der Waals surface area (Å²) in [6.45, 7) is 2.31. The summed E-state index contributed by atoms with van der Waals surface area (Å²) in [5, 5.41) is 3.30. The standard InChI is InChI=1S/C21H23N3O5S/c1-13-11-14(9-10-22-17-8-6-5-7-15(17)20(26)29-3)18-16(12-13)19(25)24(2)21(23-18)30(4,27)28/h5-8,11-12,22H,9-10H2,1-4H3. The predicted molar refractivity (Wildman–Crippen MR) is 115 cm³/mol. The van der Waals surface area contributed by atoms with Crippen LogP contribution < -0.4 is 10.9 Å². The summed E-state index contributed by atoms with van der Waals surface area (Å²) in [5.74, 6) is -0.443. The zero-order valence-electron chi connectivity index (χ0n) is 17.2. The number of carbonyl (C=O) groups excluding carboxylic acids is 1. The van der Waals surface area contributed by atoms with Crippen molar-refractivity contribution < 1.29 is 17.9 Å². The number of methoxy groups -OCH3 is 1. The highest BCUT2D eigenvalue weighted by atomic mass is 32.2. The van der Waals surface area contributed by atoms with Crippen molar-refractivity contribution in [1.29, 1.82) is 0 Å². The van der Waals surface area contributed by atoms with Crippen molar-refractivity contribution in [3.63, 3.8) is 0 Å². The number of nitrogens with one attached hydrogen (secondary N) is 1. The van der Waals surface area contributed by atoms with Gasteiger partial charge in [-0.1, -0.05) is 18.2 Å². The van der Waals surface area contributed by atoms with E-state index in [4.69, 9.17) is 4.74 Å². The fraction of sp³-hybridized carbons (Fsp3) is 0.286. The fourth-order valence-electron chi connectivity index (χ4n) is 3.37. The highest BCUT2D eigenvalue weighted by molar-refractivity contribution is 7.90. The third-order valence-electron chi connectivity index (χ3n) is 4.74. The molecule has 0 bridgehead atoms. The first-order chi connectivity index (χ1) is 14.1. The van der Waals surface area contributed by atoms with Gasteiger partial charge in [-0.25, -0.2) is 18.2 Å². The van der Waals surface area contributed by atoms with Gasteiger partial charge in [0.05, 0.1) is 23.6 Å². The molecule has 0 aliphatic rings. The minimum atomic E-state index is -3.67. The van der Waals surface area contributed by atoms with Crippen LogP contribution in [0.15, 0.2) is 46.3 Å². The Hall–Kier alpha value is -3.20. The van der Waals surface area contributed by atoms with Gasteiger partial charge in [-0.05, 0) is 42.7 Å². The molecule has 1 aromatic heterocycles. The van der Waals surface area contributed by atoms with Crippen LogP contribution in [0.5, 0.6) is 0 Å². The normalized spacial score (nSPS) is 11.5. The highest BCUT2D eigenvalue weighted by Gasteiger charge is 2.19. The lowest BCUT2D eigenvalue weighted by Gasteiger charge is -2.13. The van der Waals surface area contributed by atoms with E-state index in [1.807, 2.05) is 13.0 Å².